The maximum Gasteiger partial charge on any atom is 0.353 e. The quantitative estimate of drug-likeness (QED) is 0.440. The number of benzene rings is 1. The molecule has 0 bridgehead atoms. The molecule has 0 N–H and O–H groups in total. The zero-order chi connectivity index (χ0) is 21.5. The molecule has 1 aromatic carbocycles. The van der Waals surface area contributed by atoms with E-state index in [0.717, 1.165) is 18.5 Å². The fourth-order valence-corrected chi connectivity index (χ4v) is 3.37. The lowest BCUT2D eigenvalue weighted by Gasteiger charge is -2.05. The molecule has 1 aliphatic rings. The molecule has 1 fully saturated rings. The Morgan fingerprint density at radius 3 is 2.71 bits per heavy atom. The van der Waals surface area contributed by atoms with Crippen LogP contribution in [0.1, 0.15) is 30.1 Å². The van der Waals surface area contributed by atoms with Gasteiger partial charge < -0.3 is 4.42 Å². The molecule has 6 nitrogen and oxygen atoms in total. The van der Waals surface area contributed by atoms with E-state index in [1.807, 2.05) is 0 Å². The third kappa shape index (κ3) is 3.62. The van der Waals surface area contributed by atoms with Gasteiger partial charge in [-0.05, 0) is 49.2 Å². The predicted octanol–water partition coefficient (Wildman–Crippen LogP) is 4.60. The average Bonchev–Trinajstić information content (AvgIpc) is 3.54. The van der Waals surface area contributed by atoms with Gasteiger partial charge in [-0.25, -0.2) is 18.7 Å². The highest BCUT2D eigenvalue weighted by atomic mass is 35.5. The summed E-state index contributed by atoms with van der Waals surface area (Å²) in [4.78, 5) is 25.5. The third-order valence-corrected chi connectivity index (χ3v) is 5.30. The molecule has 3 aromatic heterocycles. The molecular weight excluding hydrogens is 419 g/mol. The number of halogens is 2. The van der Waals surface area contributed by atoms with Gasteiger partial charge in [0.25, 0.3) is 0 Å². The summed E-state index contributed by atoms with van der Waals surface area (Å²) in [5.41, 5.74) is 1.63. The topological polar surface area (TPSA) is 73.8 Å². The highest BCUT2D eigenvalue weighted by molar-refractivity contribution is 6.30. The Bertz CT molecular complexity index is 1420. The van der Waals surface area contributed by atoms with E-state index < -0.39 is 11.5 Å². The number of pyridine rings is 1. The highest BCUT2D eigenvalue weighted by Crippen LogP contribution is 2.38. The molecule has 1 saturated carbocycles. The molecule has 31 heavy (non-hydrogen) atoms. The molecule has 0 saturated heterocycles. The molecule has 0 aliphatic heterocycles. The first-order chi connectivity index (χ1) is 15.0. The monoisotopic (exact) mass is 432 g/mol. The second-order valence-electron chi connectivity index (χ2n) is 7.15. The van der Waals surface area contributed by atoms with Crippen molar-refractivity contribution in [1.29, 1.82) is 0 Å². The Labute approximate surface area is 181 Å². The van der Waals surface area contributed by atoms with Crippen molar-refractivity contribution >= 4 is 11.6 Å². The van der Waals surface area contributed by atoms with Gasteiger partial charge in [0.1, 0.15) is 11.5 Å². The zero-order valence-electron chi connectivity index (χ0n) is 16.0. The molecule has 4 aromatic rings. The summed E-state index contributed by atoms with van der Waals surface area (Å²) >= 11 is 5.83. The summed E-state index contributed by atoms with van der Waals surface area (Å²) in [6.45, 7) is 0. The number of oxazole rings is 1. The van der Waals surface area contributed by atoms with E-state index in [1.54, 1.807) is 30.5 Å². The van der Waals surface area contributed by atoms with Gasteiger partial charge >= 0.3 is 5.69 Å². The number of nitrogens with zero attached hydrogens (tertiary/aromatic N) is 4. The van der Waals surface area contributed by atoms with Gasteiger partial charge in [-0.2, -0.15) is 9.97 Å². The van der Waals surface area contributed by atoms with Crippen molar-refractivity contribution in [3.8, 4) is 40.9 Å². The predicted molar refractivity (Wildman–Crippen MR) is 113 cm³/mol. The van der Waals surface area contributed by atoms with E-state index in [9.17, 15) is 9.18 Å². The van der Waals surface area contributed by atoms with E-state index in [0.29, 0.717) is 22.7 Å². The van der Waals surface area contributed by atoms with Gasteiger partial charge in [-0.15, -0.1) is 6.42 Å². The minimum absolute atomic E-state index is 0.0227. The number of hydrogen-bond acceptors (Lipinski definition) is 5. The maximum absolute atomic E-state index is 14.2. The summed E-state index contributed by atoms with van der Waals surface area (Å²) in [5.74, 6) is 2.77. The fraction of sp³-hybridized carbons (Fsp3) is 0.130. The van der Waals surface area contributed by atoms with Gasteiger partial charge in [0.15, 0.2) is 11.6 Å². The van der Waals surface area contributed by atoms with E-state index >= 15 is 0 Å². The Kier molecular flexibility index (Phi) is 4.64. The van der Waals surface area contributed by atoms with Crippen LogP contribution in [0.25, 0.3) is 28.6 Å². The molecule has 3 heterocycles. The summed E-state index contributed by atoms with van der Waals surface area (Å²) in [7, 11) is 0. The fourth-order valence-electron chi connectivity index (χ4n) is 3.25. The van der Waals surface area contributed by atoms with Gasteiger partial charge in [-0.3, -0.25) is 0 Å². The first-order valence-electron chi connectivity index (χ1n) is 9.53. The van der Waals surface area contributed by atoms with Crippen molar-refractivity contribution in [2.75, 3.05) is 0 Å². The van der Waals surface area contributed by atoms with Crippen molar-refractivity contribution in [2.45, 2.75) is 18.8 Å². The molecule has 0 atom stereocenters. The van der Waals surface area contributed by atoms with Gasteiger partial charge in [0.05, 0.1) is 10.7 Å². The second kappa shape index (κ2) is 7.49. The van der Waals surface area contributed by atoms with E-state index in [-0.39, 0.29) is 22.5 Å². The Morgan fingerprint density at radius 2 is 2.00 bits per heavy atom. The van der Waals surface area contributed by atoms with Crippen LogP contribution in [-0.4, -0.2) is 19.5 Å². The molecule has 0 radical (unpaired) electrons. The lowest BCUT2D eigenvalue weighted by Crippen LogP contribution is -2.22. The minimum Gasteiger partial charge on any atom is -0.434 e. The lowest BCUT2D eigenvalue weighted by atomic mass is 10.1. The van der Waals surface area contributed by atoms with Crippen molar-refractivity contribution < 1.29 is 8.81 Å². The molecule has 0 unspecified atom stereocenters. The molecule has 8 heteroatoms. The summed E-state index contributed by atoms with van der Waals surface area (Å²) in [6, 6.07) is 9.35. The van der Waals surface area contributed by atoms with E-state index in [2.05, 4.69) is 20.9 Å². The van der Waals surface area contributed by atoms with Crippen LogP contribution >= 0.6 is 11.6 Å². The number of hydrogen-bond donors (Lipinski definition) is 0. The van der Waals surface area contributed by atoms with Crippen molar-refractivity contribution in [3.63, 3.8) is 0 Å². The largest absolute Gasteiger partial charge is 0.434 e. The third-order valence-electron chi connectivity index (χ3n) is 4.99. The summed E-state index contributed by atoms with van der Waals surface area (Å²) < 4.78 is 21.4. The van der Waals surface area contributed by atoms with Crippen molar-refractivity contribution in [3.05, 3.63) is 81.5 Å². The van der Waals surface area contributed by atoms with Crippen LogP contribution in [0.2, 0.25) is 5.02 Å². The summed E-state index contributed by atoms with van der Waals surface area (Å²) in [5, 5.41) is -0.0227. The summed E-state index contributed by atoms with van der Waals surface area (Å²) in [6.07, 6.45) is 10.6. The van der Waals surface area contributed by atoms with Crippen LogP contribution in [0, 0.1) is 18.2 Å². The van der Waals surface area contributed by atoms with Crippen LogP contribution in [0.5, 0.6) is 0 Å². The molecule has 0 amide bonds. The van der Waals surface area contributed by atoms with Crippen LogP contribution in [-0.2, 0) is 0 Å². The SMILES string of the molecule is C#Cc1cc(-c2nc(-n3ccc(C4CC4)nc3=O)c(-c3ccc(Cl)c(F)c3)o2)ccn1. The Morgan fingerprint density at radius 1 is 1.16 bits per heavy atom. The van der Waals surface area contributed by atoms with Crippen molar-refractivity contribution in [1.82, 2.24) is 19.5 Å². The first kappa shape index (κ1) is 19.2. The Hall–Kier alpha value is -3.76. The number of rotatable bonds is 4. The maximum atomic E-state index is 14.2. The van der Waals surface area contributed by atoms with Crippen LogP contribution in [0.4, 0.5) is 4.39 Å². The average molecular weight is 433 g/mol. The van der Waals surface area contributed by atoms with Crippen LogP contribution in [0.3, 0.4) is 0 Å². The van der Waals surface area contributed by atoms with Gasteiger partial charge in [0, 0.05) is 29.4 Å². The van der Waals surface area contributed by atoms with Gasteiger partial charge in [-0.1, -0.05) is 17.5 Å². The molecular formula is C23H14ClFN4O2. The standard InChI is InChI=1S/C23H14ClFN4O2/c1-2-16-11-15(7-9-26-16)22-28-21(20(31-22)14-5-6-17(24)18(25)12-14)29-10-8-19(13-3-4-13)27-23(29)30/h1,5-13H,3-4H2. The Balaban J connectivity index is 1.70. The lowest BCUT2D eigenvalue weighted by molar-refractivity contribution is 0.585. The molecule has 5 rings (SSSR count). The van der Waals surface area contributed by atoms with Gasteiger partial charge in [0.2, 0.25) is 5.89 Å². The molecule has 0 spiro atoms. The van der Waals surface area contributed by atoms with Crippen LogP contribution in [0.15, 0.2) is 58.0 Å². The molecule has 152 valence electrons. The minimum atomic E-state index is -0.615. The normalized spacial score (nSPS) is 13.2. The second-order valence-corrected chi connectivity index (χ2v) is 7.56. The smallest absolute Gasteiger partial charge is 0.353 e. The molecule has 1 aliphatic carbocycles. The van der Waals surface area contributed by atoms with E-state index in [1.165, 1.54) is 22.9 Å². The van der Waals surface area contributed by atoms with Crippen LogP contribution < -0.4 is 5.69 Å². The first-order valence-corrected chi connectivity index (χ1v) is 9.90. The number of terminal acetylenes is 1. The zero-order valence-corrected chi connectivity index (χ0v) is 16.8. The van der Waals surface area contributed by atoms with E-state index in [4.69, 9.17) is 22.4 Å². The number of aromatic nitrogens is 4. The van der Waals surface area contributed by atoms with Crippen molar-refractivity contribution in [2.24, 2.45) is 0 Å². The highest BCUT2D eigenvalue weighted by Gasteiger charge is 2.26.